The molecule has 80 valence electrons. The van der Waals surface area contributed by atoms with Crippen molar-refractivity contribution in [3.63, 3.8) is 0 Å². The van der Waals surface area contributed by atoms with Crippen molar-refractivity contribution in [2.24, 2.45) is 0 Å². The Kier molecular flexibility index (Phi) is 3.28. The number of hydrogen-bond donors (Lipinski definition) is 2. The molecule has 0 aromatic heterocycles. The monoisotopic (exact) mass is 209 g/mol. The number of ether oxygens (including phenoxy) is 1. The van der Waals surface area contributed by atoms with E-state index in [9.17, 15) is 9.59 Å². The van der Waals surface area contributed by atoms with Crippen LogP contribution in [0.2, 0.25) is 0 Å². The first-order valence-electron chi connectivity index (χ1n) is 4.23. The molecule has 5 heteroatoms. The molecule has 0 spiro atoms. The second-order valence-electron chi connectivity index (χ2n) is 2.98. The van der Waals surface area contributed by atoms with Crippen molar-refractivity contribution in [3.05, 3.63) is 29.3 Å². The summed E-state index contributed by atoms with van der Waals surface area (Å²) in [5.41, 5.74) is 6.66. The lowest BCUT2D eigenvalue weighted by atomic mass is 10.1. The molecule has 1 rings (SSSR count). The van der Waals surface area contributed by atoms with Crippen molar-refractivity contribution in [2.75, 3.05) is 12.8 Å². The molecule has 0 saturated heterocycles. The van der Waals surface area contributed by atoms with Crippen LogP contribution >= 0.6 is 0 Å². The zero-order chi connectivity index (χ0) is 11.4. The first kappa shape index (κ1) is 11.0. The molecule has 0 aliphatic carbocycles. The average Bonchev–Trinajstić information content (AvgIpc) is 2.19. The third-order valence-corrected chi connectivity index (χ3v) is 1.91. The highest BCUT2D eigenvalue weighted by Crippen LogP contribution is 2.15. The minimum absolute atomic E-state index is 0.159. The molecular weight excluding hydrogens is 198 g/mol. The van der Waals surface area contributed by atoms with Gasteiger partial charge in [-0.05, 0) is 17.7 Å². The van der Waals surface area contributed by atoms with E-state index >= 15 is 0 Å². The van der Waals surface area contributed by atoms with Crippen LogP contribution in [0.25, 0.3) is 0 Å². The summed E-state index contributed by atoms with van der Waals surface area (Å²) in [6, 6.07) is 4.40. The minimum Gasteiger partial charge on any atom is -0.481 e. The highest BCUT2D eigenvalue weighted by atomic mass is 16.5. The lowest BCUT2D eigenvalue weighted by Crippen LogP contribution is -2.06. The van der Waals surface area contributed by atoms with Gasteiger partial charge in [0.25, 0.3) is 0 Å². The quantitative estimate of drug-likeness (QED) is 0.564. The lowest BCUT2D eigenvalue weighted by Gasteiger charge is -2.05. The van der Waals surface area contributed by atoms with Gasteiger partial charge in [0.15, 0.2) is 0 Å². The van der Waals surface area contributed by atoms with Gasteiger partial charge in [-0.25, -0.2) is 4.79 Å². The molecule has 0 unspecified atom stereocenters. The van der Waals surface area contributed by atoms with Gasteiger partial charge in [-0.1, -0.05) is 6.07 Å². The number of esters is 1. The normalized spacial score (nSPS) is 9.67. The Morgan fingerprint density at radius 3 is 2.60 bits per heavy atom. The molecule has 5 nitrogen and oxygen atoms in total. The molecule has 3 N–H and O–H groups in total. The second-order valence-corrected chi connectivity index (χ2v) is 2.98. The number of methoxy groups -OCH3 is 1. The summed E-state index contributed by atoms with van der Waals surface area (Å²) in [7, 11) is 1.27. The summed E-state index contributed by atoms with van der Waals surface area (Å²) >= 11 is 0. The van der Waals surface area contributed by atoms with Gasteiger partial charge in [-0.3, -0.25) is 4.79 Å². The van der Waals surface area contributed by atoms with Crippen molar-refractivity contribution in [3.8, 4) is 0 Å². The van der Waals surface area contributed by atoms with Crippen molar-refractivity contribution in [1.29, 1.82) is 0 Å². The molecule has 0 bridgehead atoms. The standard InChI is InChI=1S/C10H11NO4/c1-15-10(14)7-3-2-6(5-9(12)13)8(11)4-7/h2-4H,5,11H2,1H3,(H,12,13). The molecule has 1 aromatic carbocycles. The van der Waals surface area contributed by atoms with Crippen molar-refractivity contribution in [1.82, 2.24) is 0 Å². The number of carbonyl (C=O) groups excluding carboxylic acids is 1. The number of nitrogen functional groups attached to an aromatic ring is 1. The zero-order valence-corrected chi connectivity index (χ0v) is 8.19. The van der Waals surface area contributed by atoms with Gasteiger partial charge in [0, 0.05) is 5.69 Å². The van der Waals surface area contributed by atoms with Crippen LogP contribution in [0, 0.1) is 0 Å². The Labute approximate surface area is 86.5 Å². The Balaban J connectivity index is 2.97. The van der Waals surface area contributed by atoms with E-state index in [4.69, 9.17) is 10.8 Å². The SMILES string of the molecule is COC(=O)c1ccc(CC(=O)O)c(N)c1. The molecule has 0 atom stereocenters. The van der Waals surface area contributed by atoms with Crippen LogP contribution < -0.4 is 5.73 Å². The molecule has 0 aliphatic heterocycles. The fraction of sp³-hybridized carbons (Fsp3) is 0.200. The summed E-state index contributed by atoms with van der Waals surface area (Å²) in [6.45, 7) is 0. The number of anilines is 1. The van der Waals surface area contributed by atoms with Crippen molar-refractivity contribution >= 4 is 17.6 Å². The van der Waals surface area contributed by atoms with Crippen LogP contribution in [0.5, 0.6) is 0 Å². The van der Waals surface area contributed by atoms with Crippen molar-refractivity contribution < 1.29 is 19.4 Å². The molecule has 1 aromatic rings. The number of aliphatic carboxylic acids is 1. The van der Waals surface area contributed by atoms with E-state index < -0.39 is 11.9 Å². The van der Waals surface area contributed by atoms with Crippen LogP contribution in [0.3, 0.4) is 0 Å². The van der Waals surface area contributed by atoms with Gasteiger partial charge in [0.1, 0.15) is 0 Å². The summed E-state index contributed by atoms with van der Waals surface area (Å²) in [5, 5.41) is 8.57. The van der Waals surface area contributed by atoms with Gasteiger partial charge >= 0.3 is 11.9 Å². The van der Waals surface area contributed by atoms with E-state index in [0.29, 0.717) is 11.1 Å². The van der Waals surface area contributed by atoms with Gasteiger partial charge in [0.05, 0.1) is 19.1 Å². The number of carbonyl (C=O) groups is 2. The van der Waals surface area contributed by atoms with Crippen LogP contribution in [0.15, 0.2) is 18.2 Å². The van der Waals surface area contributed by atoms with E-state index in [1.165, 1.54) is 25.3 Å². The fourth-order valence-corrected chi connectivity index (χ4v) is 1.16. The Bertz CT molecular complexity index is 400. The Morgan fingerprint density at radius 1 is 1.47 bits per heavy atom. The number of benzene rings is 1. The second kappa shape index (κ2) is 4.45. The smallest absolute Gasteiger partial charge is 0.337 e. The number of nitrogens with two attached hydrogens (primary N) is 1. The van der Waals surface area contributed by atoms with Crippen LogP contribution in [0.1, 0.15) is 15.9 Å². The first-order valence-corrected chi connectivity index (χ1v) is 4.23. The van der Waals surface area contributed by atoms with E-state index in [0.717, 1.165) is 0 Å². The Hall–Kier alpha value is -2.04. The van der Waals surface area contributed by atoms with Gasteiger partial charge in [-0.15, -0.1) is 0 Å². The van der Waals surface area contributed by atoms with Gasteiger partial charge in [0.2, 0.25) is 0 Å². The fourth-order valence-electron chi connectivity index (χ4n) is 1.16. The number of carboxylic acid groups (broad SMARTS) is 1. The predicted octanol–water partition coefficient (Wildman–Crippen LogP) is 0.682. The molecule has 0 heterocycles. The maximum Gasteiger partial charge on any atom is 0.337 e. The largest absolute Gasteiger partial charge is 0.481 e. The lowest BCUT2D eigenvalue weighted by molar-refractivity contribution is -0.136. The minimum atomic E-state index is -0.965. The summed E-state index contributed by atoms with van der Waals surface area (Å²) in [4.78, 5) is 21.6. The molecular formula is C10H11NO4. The summed E-state index contributed by atoms with van der Waals surface area (Å²) in [6.07, 6.45) is -0.159. The van der Waals surface area contributed by atoms with E-state index in [2.05, 4.69) is 4.74 Å². The van der Waals surface area contributed by atoms with Crippen LogP contribution in [-0.2, 0) is 16.0 Å². The predicted molar refractivity (Wildman–Crippen MR) is 53.5 cm³/mol. The molecule has 0 aliphatic rings. The average molecular weight is 209 g/mol. The number of carboxylic acids is 1. The molecule has 0 fully saturated rings. The highest BCUT2D eigenvalue weighted by molar-refractivity contribution is 5.90. The first-order chi connectivity index (χ1) is 7.04. The third-order valence-electron chi connectivity index (χ3n) is 1.91. The highest BCUT2D eigenvalue weighted by Gasteiger charge is 2.09. The molecule has 0 amide bonds. The van der Waals surface area contributed by atoms with Gasteiger partial charge in [-0.2, -0.15) is 0 Å². The van der Waals surface area contributed by atoms with Crippen LogP contribution in [0.4, 0.5) is 5.69 Å². The van der Waals surface area contributed by atoms with Crippen LogP contribution in [-0.4, -0.2) is 24.2 Å². The Morgan fingerprint density at radius 2 is 2.13 bits per heavy atom. The molecule has 0 radical (unpaired) electrons. The summed E-state index contributed by atoms with van der Waals surface area (Å²) in [5.74, 6) is -1.46. The number of hydrogen-bond acceptors (Lipinski definition) is 4. The summed E-state index contributed by atoms with van der Waals surface area (Å²) < 4.78 is 4.50. The maximum absolute atomic E-state index is 11.1. The topological polar surface area (TPSA) is 89.6 Å². The number of rotatable bonds is 3. The van der Waals surface area contributed by atoms with E-state index in [-0.39, 0.29) is 12.1 Å². The zero-order valence-electron chi connectivity index (χ0n) is 8.19. The van der Waals surface area contributed by atoms with Crippen molar-refractivity contribution in [2.45, 2.75) is 6.42 Å². The molecule has 0 saturated carbocycles. The third kappa shape index (κ3) is 2.70. The molecule has 15 heavy (non-hydrogen) atoms. The van der Waals surface area contributed by atoms with E-state index in [1.54, 1.807) is 0 Å². The van der Waals surface area contributed by atoms with E-state index in [1.807, 2.05) is 0 Å². The maximum atomic E-state index is 11.1. The van der Waals surface area contributed by atoms with Gasteiger partial charge < -0.3 is 15.6 Å².